The Balaban J connectivity index is 2.98. The summed E-state index contributed by atoms with van der Waals surface area (Å²) < 4.78 is 0. The average Bonchev–Trinajstić information content (AvgIpc) is 2.26. The van der Waals surface area contributed by atoms with Gasteiger partial charge < -0.3 is 4.90 Å². The van der Waals surface area contributed by atoms with Crippen LogP contribution in [0.1, 0.15) is 20.8 Å². The van der Waals surface area contributed by atoms with E-state index in [0.717, 1.165) is 18.9 Å². The van der Waals surface area contributed by atoms with E-state index in [1.807, 2.05) is 0 Å². The monoisotopic (exact) mass is 243 g/mol. The maximum Gasteiger partial charge on any atom is 0.239 e. The average molecular weight is 244 g/mol. The van der Waals surface area contributed by atoms with Crippen LogP contribution in [0.2, 0.25) is 5.02 Å². The summed E-state index contributed by atoms with van der Waals surface area (Å²) in [5.41, 5.74) is 2.42. The molecule has 0 aliphatic rings. The Labute approximate surface area is 101 Å². The number of hydrogen-bond donors (Lipinski definition) is 2. The predicted molar refractivity (Wildman–Crippen MR) is 67.6 cm³/mol. The van der Waals surface area contributed by atoms with Crippen LogP contribution in [0.25, 0.3) is 0 Å². The van der Waals surface area contributed by atoms with Gasteiger partial charge in [0.05, 0.1) is 6.20 Å². The van der Waals surface area contributed by atoms with Crippen LogP contribution in [0.5, 0.6) is 0 Å². The van der Waals surface area contributed by atoms with Crippen LogP contribution in [0.4, 0.5) is 11.8 Å². The number of hydrazine groups is 1. The third-order valence-electron chi connectivity index (χ3n) is 2.12. The van der Waals surface area contributed by atoms with Crippen LogP contribution in [-0.2, 0) is 0 Å². The normalized spacial score (nSPS) is 10.6. The van der Waals surface area contributed by atoms with Gasteiger partial charge in [-0.15, -0.1) is 0 Å². The largest absolute Gasteiger partial charge is 0.355 e. The molecule has 0 amide bonds. The molecule has 90 valence electrons. The molecule has 0 atom stereocenters. The number of nitrogen functional groups attached to an aromatic ring is 1. The minimum absolute atomic E-state index is 0.376. The number of nitrogens with zero attached hydrogens (tertiary/aromatic N) is 3. The van der Waals surface area contributed by atoms with Crippen LogP contribution in [0.15, 0.2) is 6.20 Å². The zero-order valence-corrected chi connectivity index (χ0v) is 10.6. The molecule has 0 unspecified atom stereocenters. The molecule has 1 aromatic heterocycles. The number of anilines is 2. The van der Waals surface area contributed by atoms with Crippen LogP contribution in [0, 0.1) is 5.92 Å². The molecule has 0 saturated heterocycles. The molecule has 0 spiro atoms. The van der Waals surface area contributed by atoms with Crippen molar-refractivity contribution in [2.75, 3.05) is 23.4 Å². The molecule has 0 aromatic carbocycles. The van der Waals surface area contributed by atoms with Gasteiger partial charge in [0.1, 0.15) is 5.02 Å². The Morgan fingerprint density at radius 1 is 1.56 bits per heavy atom. The number of hydrogen-bond acceptors (Lipinski definition) is 5. The molecule has 5 nitrogen and oxygen atoms in total. The Hall–Kier alpha value is -1.07. The number of halogens is 1. The van der Waals surface area contributed by atoms with E-state index < -0.39 is 0 Å². The van der Waals surface area contributed by atoms with Crippen LogP contribution in [0.3, 0.4) is 0 Å². The number of aromatic nitrogens is 2. The summed E-state index contributed by atoms with van der Waals surface area (Å²) in [6, 6.07) is 0. The van der Waals surface area contributed by atoms with E-state index in [9.17, 15) is 0 Å². The van der Waals surface area contributed by atoms with E-state index in [1.165, 1.54) is 0 Å². The molecule has 0 radical (unpaired) electrons. The standard InChI is InChI=1S/C10H18ClN5/c1-4-16(6-7(2)3)9-8(11)5-13-10(14-9)15-12/h5,7H,4,6,12H2,1-3H3,(H,13,14,15). The summed E-state index contributed by atoms with van der Waals surface area (Å²) >= 11 is 6.07. The number of rotatable bonds is 5. The van der Waals surface area contributed by atoms with Gasteiger partial charge in [-0.2, -0.15) is 4.98 Å². The quantitative estimate of drug-likeness (QED) is 0.611. The fraction of sp³-hybridized carbons (Fsp3) is 0.600. The van der Waals surface area contributed by atoms with Crippen LogP contribution in [-0.4, -0.2) is 23.1 Å². The molecule has 6 heteroatoms. The first-order valence-corrected chi connectivity index (χ1v) is 5.70. The van der Waals surface area contributed by atoms with E-state index in [2.05, 4.69) is 41.1 Å². The minimum atomic E-state index is 0.376. The lowest BCUT2D eigenvalue weighted by atomic mass is 10.2. The summed E-state index contributed by atoms with van der Waals surface area (Å²) in [6.07, 6.45) is 1.56. The van der Waals surface area contributed by atoms with Crippen molar-refractivity contribution >= 4 is 23.4 Å². The van der Waals surface area contributed by atoms with Crippen molar-refractivity contribution in [1.82, 2.24) is 9.97 Å². The van der Waals surface area contributed by atoms with Gasteiger partial charge in [0.2, 0.25) is 5.95 Å². The number of nitrogens with two attached hydrogens (primary N) is 1. The molecular weight excluding hydrogens is 226 g/mol. The van der Waals surface area contributed by atoms with Crippen molar-refractivity contribution in [2.45, 2.75) is 20.8 Å². The van der Waals surface area contributed by atoms with Gasteiger partial charge in [-0.1, -0.05) is 25.4 Å². The molecule has 1 aromatic rings. The summed E-state index contributed by atoms with van der Waals surface area (Å²) in [6.45, 7) is 8.12. The lowest BCUT2D eigenvalue weighted by Crippen LogP contribution is -2.29. The topological polar surface area (TPSA) is 67.1 Å². The van der Waals surface area contributed by atoms with E-state index >= 15 is 0 Å². The fourth-order valence-electron chi connectivity index (χ4n) is 1.46. The molecule has 0 aliphatic heterocycles. The Kier molecular flexibility index (Phi) is 4.76. The van der Waals surface area contributed by atoms with Gasteiger partial charge in [0.25, 0.3) is 0 Å². The molecule has 0 saturated carbocycles. The second-order valence-corrected chi connectivity index (χ2v) is 4.35. The SMILES string of the molecule is CCN(CC(C)C)c1nc(NN)ncc1Cl. The second kappa shape index (κ2) is 5.86. The first-order chi connectivity index (χ1) is 7.58. The molecule has 1 heterocycles. The zero-order valence-electron chi connectivity index (χ0n) is 9.87. The maximum absolute atomic E-state index is 6.07. The van der Waals surface area contributed by atoms with Crippen LogP contribution < -0.4 is 16.2 Å². The first kappa shape index (κ1) is 13.0. The van der Waals surface area contributed by atoms with Crippen LogP contribution >= 0.6 is 11.6 Å². The van der Waals surface area contributed by atoms with E-state index in [1.54, 1.807) is 6.20 Å². The highest BCUT2D eigenvalue weighted by atomic mass is 35.5. The highest BCUT2D eigenvalue weighted by molar-refractivity contribution is 6.32. The highest BCUT2D eigenvalue weighted by Gasteiger charge is 2.13. The third-order valence-corrected chi connectivity index (χ3v) is 2.39. The highest BCUT2D eigenvalue weighted by Crippen LogP contribution is 2.24. The smallest absolute Gasteiger partial charge is 0.239 e. The Bertz CT molecular complexity index is 342. The van der Waals surface area contributed by atoms with Crippen molar-refractivity contribution < 1.29 is 0 Å². The zero-order chi connectivity index (χ0) is 12.1. The lowest BCUT2D eigenvalue weighted by molar-refractivity contribution is 0.614. The molecule has 0 aliphatic carbocycles. The summed E-state index contributed by atoms with van der Waals surface area (Å²) in [5, 5.41) is 0.543. The fourth-order valence-corrected chi connectivity index (χ4v) is 1.67. The maximum atomic E-state index is 6.07. The van der Waals surface area contributed by atoms with Gasteiger partial charge in [-0.25, -0.2) is 10.8 Å². The van der Waals surface area contributed by atoms with Gasteiger partial charge in [-0.05, 0) is 12.8 Å². The predicted octanol–water partition coefficient (Wildman–Crippen LogP) is 1.90. The summed E-state index contributed by atoms with van der Waals surface area (Å²) in [7, 11) is 0. The van der Waals surface area contributed by atoms with Gasteiger partial charge in [-0.3, -0.25) is 5.43 Å². The van der Waals surface area contributed by atoms with E-state index in [4.69, 9.17) is 17.4 Å². The van der Waals surface area contributed by atoms with Crippen molar-refractivity contribution in [2.24, 2.45) is 11.8 Å². The van der Waals surface area contributed by atoms with Gasteiger partial charge in [0.15, 0.2) is 5.82 Å². The molecular formula is C10H18ClN5. The Morgan fingerprint density at radius 3 is 2.75 bits per heavy atom. The Morgan fingerprint density at radius 2 is 2.25 bits per heavy atom. The van der Waals surface area contributed by atoms with Crippen molar-refractivity contribution in [3.05, 3.63) is 11.2 Å². The summed E-state index contributed by atoms with van der Waals surface area (Å²) in [5.74, 6) is 6.92. The summed E-state index contributed by atoms with van der Waals surface area (Å²) in [4.78, 5) is 10.3. The molecule has 16 heavy (non-hydrogen) atoms. The molecule has 3 N–H and O–H groups in total. The minimum Gasteiger partial charge on any atom is -0.355 e. The second-order valence-electron chi connectivity index (χ2n) is 3.94. The lowest BCUT2D eigenvalue weighted by Gasteiger charge is -2.24. The third kappa shape index (κ3) is 3.21. The van der Waals surface area contributed by atoms with E-state index in [-0.39, 0.29) is 0 Å². The van der Waals surface area contributed by atoms with Crippen molar-refractivity contribution in [3.8, 4) is 0 Å². The van der Waals surface area contributed by atoms with Gasteiger partial charge >= 0.3 is 0 Å². The van der Waals surface area contributed by atoms with Gasteiger partial charge in [0, 0.05) is 13.1 Å². The molecule has 0 fully saturated rings. The molecule has 1 rings (SSSR count). The first-order valence-electron chi connectivity index (χ1n) is 5.32. The molecule has 0 bridgehead atoms. The van der Waals surface area contributed by atoms with Crippen molar-refractivity contribution in [1.29, 1.82) is 0 Å². The van der Waals surface area contributed by atoms with E-state index in [0.29, 0.717) is 16.9 Å². The van der Waals surface area contributed by atoms with Crippen molar-refractivity contribution in [3.63, 3.8) is 0 Å². The number of nitrogens with one attached hydrogen (secondary N) is 1.